The van der Waals surface area contributed by atoms with E-state index in [1.165, 1.54) is 34.6 Å². The van der Waals surface area contributed by atoms with Crippen LogP contribution in [0.5, 0.6) is 0 Å². The number of rotatable bonds is 5. The number of benzene rings is 1. The second-order valence-corrected chi connectivity index (χ2v) is 5.66. The third-order valence-corrected chi connectivity index (χ3v) is 4.16. The van der Waals surface area contributed by atoms with Crippen LogP contribution in [0.2, 0.25) is 0 Å². The lowest BCUT2D eigenvalue weighted by Crippen LogP contribution is -2.17. The molecule has 92 valence electrons. The molecule has 0 saturated heterocycles. The number of hydrogen-bond donors (Lipinski definition) is 1. The Bertz CT molecular complexity index is 403. The molecule has 1 aliphatic heterocycles. The van der Waals surface area contributed by atoms with Crippen molar-refractivity contribution in [2.75, 3.05) is 12.3 Å². The molecule has 3 heteroatoms. The highest BCUT2D eigenvalue weighted by Gasteiger charge is 2.09. The quantitative estimate of drug-likeness (QED) is 0.814. The van der Waals surface area contributed by atoms with Crippen molar-refractivity contribution in [2.45, 2.75) is 37.6 Å². The minimum atomic E-state index is 0.249. The van der Waals surface area contributed by atoms with E-state index in [-0.39, 0.29) is 5.78 Å². The van der Waals surface area contributed by atoms with Crippen LogP contribution < -0.4 is 5.32 Å². The van der Waals surface area contributed by atoms with Crippen molar-refractivity contribution < 1.29 is 4.79 Å². The molecule has 1 N–H and O–H groups in total. The van der Waals surface area contributed by atoms with E-state index in [0.717, 1.165) is 13.1 Å². The van der Waals surface area contributed by atoms with Crippen LogP contribution >= 0.6 is 11.8 Å². The average Bonchev–Trinajstić information content (AvgIpc) is 2.34. The number of ketones is 1. The normalized spacial score (nSPS) is 14.4. The van der Waals surface area contributed by atoms with Gasteiger partial charge in [0.15, 0.2) is 0 Å². The van der Waals surface area contributed by atoms with Crippen LogP contribution in [-0.4, -0.2) is 18.1 Å². The summed E-state index contributed by atoms with van der Waals surface area (Å²) in [5.74, 6) is 1.50. The van der Waals surface area contributed by atoms with E-state index in [0.29, 0.717) is 6.42 Å². The molecule has 1 aliphatic rings. The van der Waals surface area contributed by atoms with Gasteiger partial charge in [-0.15, -0.1) is 11.8 Å². The molecule has 0 fully saturated rings. The van der Waals surface area contributed by atoms with E-state index in [9.17, 15) is 4.79 Å². The third kappa shape index (κ3) is 3.86. The summed E-state index contributed by atoms with van der Waals surface area (Å²) in [6.07, 6.45) is 3.13. The Balaban J connectivity index is 1.86. The minimum absolute atomic E-state index is 0.249. The van der Waals surface area contributed by atoms with E-state index in [1.807, 2.05) is 11.8 Å². The van der Waals surface area contributed by atoms with Gasteiger partial charge in [0.1, 0.15) is 5.78 Å². The van der Waals surface area contributed by atoms with E-state index < -0.39 is 0 Å². The van der Waals surface area contributed by atoms with Crippen molar-refractivity contribution in [3.8, 4) is 0 Å². The Morgan fingerprint density at radius 2 is 2.35 bits per heavy atom. The van der Waals surface area contributed by atoms with Crippen LogP contribution in [0.3, 0.4) is 0 Å². The van der Waals surface area contributed by atoms with Gasteiger partial charge in [0.2, 0.25) is 0 Å². The summed E-state index contributed by atoms with van der Waals surface area (Å²) in [5, 5.41) is 3.31. The number of Topliss-reactive ketones (excluding diaryl/α,β-unsaturated/α-hetero) is 1. The number of nitrogens with one attached hydrogen (secondary N) is 1. The van der Waals surface area contributed by atoms with Crippen molar-refractivity contribution >= 4 is 17.5 Å². The van der Waals surface area contributed by atoms with Crippen molar-refractivity contribution in [3.63, 3.8) is 0 Å². The molecule has 0 aliphatic carbocycles. The van der Waals surface area contributed by atoms with Crippen LogP contribution in [0.4, 0.5) is 0 Å². The molecular weight excluding hydrogens is 230 g/mol. The zero-order chi connectivity index (χ0) is 12.1. The Labute approximate surface area is 107 Å². The molecule has 0 radical (unpaired) electrons. The van der Waals surface area contributed by atoms with Crippen molar-refractivity contribution in [1.29, 1.82) is 0 Å². The third-order valence-electron chi connectivity index (χ3n) is 2.96. The van der Waals surface area contributed by atoms with Gasteiger partial charge < -0.3 is 5.32 Å². The van der Waals surface area contributed by atoms with Crippen molar-refractivity contribution in [1.82, 2.24) is 5.32 Å². The van der Waals surface area contributed by atoms with Gasteiger partial charge in [0.05, 0.1) is 0 Å². The molecule has 0 unspecified atom stereocenters. The van der Waals surface area contributed by atoms with Crippen molar-refractivity contribution in [2.24, 2.45) is 0 Å². The lowest BCUT2D eigenvalue weighted by Gasteiger charge is -2.16. The first-order chi connectivity index (χ1) is 8.25. The maximum atomic E-state index is 10.8. The Kier molecular flexibility index (Phi) is 4.63. The highest BCUT2D eigenvalue weighted by atomic mass is 32.2. The first-order valence-electron chi connectivity index (χ1n) is 6.20. The van der Waals surface area contributed by atoms with Gasteiger partial charge in [0.25, 0.3) is 0 Å². The van der Waals surface area contributed by atoms with E-state index in [2.05, 4.69) is 23.5 Å². The molecule has 0 amide bonds. The van der Waals surface area contributed by atoms with Crippen LogP contribution in [0.25, 0.3) is 0 Å². The Hall–Kier alpha value is -0.800. The van der Waals surface area contributed by atoms with Crippen LogP contribution in [0.1, 0.15) is 30.9 Å². The highest BCUT2D eigenvalue weighted by Crippen LogP contribution is 2.30. The summed E-state index contributed by atoms with van der Waals surface area (Å²) in [5.41, 5.74) is 2.82. The second-order valence-electron chi connectivity index (χ2n) is 4.52. The summed E-state index contributed by atoms with van der Waals surface area (Å²) in [6.45, 7) is 3.28. The lowest BCUT2D eigenvalue weighted by atomic mass is 10.1. The fraction of sp³-hybridized carbons (Fsp3) is 0.500. The van der Waals surface area contributed by atoms with Gasteiger partial charge in [-0.1, -0.05) is 12.1 Å². The number of aryl methyl sites for hydroxylation is 1. The van der Waals surface area contributed by atoms with E-state index in [4.69, 9.17) is 0 Å². The summed E-state index contributed by atoms with van der Waals surface area (Å²) in [4.78, 5) is 12.3. The fourth-order valence-electron chi connectivity index (χ4n) is 2.02. The summed E-state index contributed by atoms with van der Waals surface area (Å²) < 4.78 is 0. The molecular formula is C14H19NOS. The molecule has 0 saturated carbocycles. The maximum absolute atomic E-state index is 10.8. The smallest absolute Gasteiger partial charge is 0.131 e. The molecule has 1 aromatic carbocycles. The van der Waals surface area contributed by atoms with Crippen molar-refractivity contribution in [3.05, 3.63) is 29.3 Å². The van der Waals surface area contributed by atoms with Gasteiger partial charge in [-0.3, -0.25) is 4.79 Å². The number of carbonyl (C=O) groups is 1. The molecule has 0 aromatic heterocycles. The van der Waals surface area contributed by atoms with Gasteiger partial charge in [-0.05, 0) is 42.7 Å². The monoisotopic (exact) mass is 249 g/mol. The fourth-order valence-corrected chi connectivity index (χ4v) is 3.04. The minimum Gasteiger partial charge on any atom is -0.312 e. The molecule has 1 aromatic rings. The van der Waals surface area contributed by atoms with Gasteiger partial charge in [-0.2, -0.15) is 0 Å². The lowest BCUT2D eigenvalue weighted by molar-refractivity contribution is -0.116. The molecule has 1 heterocycles. The molecule has 0 atom stereocenters. The van der Waals surface area contributed by atoms with Crippen LogP contribution in [-0.2, 0) is 17.8 Å². The van der Waals surface area contributed by atoms with Crippen LogP contribution in [0.15, 0.2) is 23.1 Å². The Morgan fingerprint density at radius 1 is 1.47 bits per heavy atom. The number of thioether (sulfide) groups is 1. The zero-order valence-electron chi connectivity index (χ0n) is 10.3. The molecule has 0 bridgehead atoms. The highest BCUT2D eigenvalue weighted by molar-refractivity contribution is 7.99. The zero-order valence-corrected chi connectivity index (χ0v) is 11.1. The standard InChI is InChI=1S/C14H19NOS/c1-11(16)6-7-15-10-12-4-5-14-13(9-12)3-2-8-17-14/h4-5,9,15H,2-3,6-8,10H2,1H3. The first kappa shape index (κ1) is 12.7. The first-order valence-corrected chi connectivity index (χ1v) is 7.19. The van der Waals surface area contributed by atoms with Crippen LogP contribution in [0, 0.1) is 0 Å². The summed E-state index contributed by atoms with van der Waals surface area (Å²) >= 11 is 1.96. The van der Waals surface area contributed by atoms with Gasteiger partial charge >= 0.3 is 0 Å². The van der Waals surface area contributed by atoms with E-state index >= 15 is 0 Å². The summed E-state index contributed by atoms with van der Waals surface area (Å²) in [6, 6.07) is 6.74. The largest absolute Gasteiger partial charge is 0.312 e. The molecule has 2 rings (SSSR count). The second kappa shape index (κ2) is 6.22. The topological polar surface area (TPSA) is 29.1 Å². The maximum Gasteiger partial charge on any atom is 0.131 e. The predicted molar refractivity (Wildman–Crippen MR) is 72.5 cm³/mol. The molecule has 0 spiro atoms. The molecule has 17 heavy (non-hydrogen) atoms. The predicted octanol–water partition coefficient (Wildman–Crippen LogP) is 2.79. The average molecular weight is 249 g/mol. The summed E-state index contributed by atoms with van der Waals surface area (Å²) in [7, 11) is 0. The van der Waals surface area contributed by atoms with Gasteiger partial charge in [0, 0.05) is 24.4 Å². The van der Waals surface area contributed by atoms with E-state index in [1.54, 1.807) is 6.92 Å². The number of hydrogen-bond acceptors (Lipinski definition) is 3. The number of fused-ring (bicyclic) bond motifs is 1. The SMILES string of the molecule is CC(=O)CCNCc1ccc2c(c1)CCCS2. The Morgan fingerprint density at radius 3 is 3.18 bits per heavy atom. The van der Waals surface area contributed by atoms with Gasteiger partial charge in [-0.25, -0.2) is 0 Å². The molecule has 2 nitrogen and oxygen atoms in total. The number of carbonyl (C=O) groups excluding carboxylic acids is 1.